The summed E-state index contributed by atoms with van der Waals surface area (Å²) in [5, 5.41) is 1.18. The second-order valence-corrected chi connectivity index (χ2v) is 4.66. The van der Waals surface area contributed by atoms with Crippen LogP contribution in [0, 0.1) is 0 Å². The van der Waals surface area contributed by atoms with Crippen LogP contribution in [-0.4, -0.2) is 16.8 Å². The van der Waals surface area contributed by atoms with Crippen molar-refractivity contribution in [2.75, 3.05) is 0 Å². The molecular formula is C11H15NO4. The number of carbonyl (C=O) groups is 1. The summed E-state index contributed by atoms with van der Waals surface area (Å²) in [6, 6.07) is 1.84. The highest BCUT2D eigenvalue weighted by Gasteiger charge is 2.28. The standard InChI is InChI=1S/C11H15NO4/c1-11(2,3)16-10(13)12-6-9-8(7-15-12)4-5-14-9/h4-5H,6-7H2,1-3H3. The molecule has 1 amide bonds. The Hall–Kier alpha value is -1.49. The van der Waals surface area contributed by atoms with Gasteiger partial charge < -0.3 is 9.15 Å². The van der Waals surface area contributed by atoms with Gasteiger partial charge in [-0.3, -0.25) is 4.84 Å². The zero-order valence-corrected chi connectivity index (χ0v) is 9.65. The van der Waals surface area contributed by atoms with Crippen molar-refractivity contribution in [1.29, 1.82) is 0 Å². The Labute approximate surface area is 93.9 Å². The molecular weight excluding hydrogens is 210 g/mol. The minimum Gasteiger partial charge on any atom is -0.467 e. The fourth-order valence-corrected chi connectivity index (χ4v) is 1.39. The first-order valence-corrected chi connectivity index (χ1v) is 5.14. The minimum atomic E-state index is -0.524. The van der Waals surface area contributed by atoms with Gasteiger partial charge in [-0.2, -0.15) is 5.06 Å². The Bertz CT molecular complexity index is 391. The quantitative estimate of drug-likeness (QED) is 0.680. The number of amides is 1. The van der Waals surface area contributed by atoms with Crippen molar-refractivity contribution in [3.63, 3.8) is 0 Å². The van der Waals surface area contributed by atoms with Gasteiger partial charge in [-0.15, -0.1) is 0 Å². The van der Waals surface area contributed by atoms with Gasteiger partial charge in [0, 0.05) is 5.56 Å². The lowest BCUT2D eigenvalue weighted by atomic mass is 10.2. The van der Waals surface area contributed by atoms with E-state index in [4.69, 9.17) is 14.0 Å². The topological polar surface area (TPSA) is 51.9 Å². The monoisotopic (exact) mass is 225 g/mol. The molecule has 5 nitrogen and oxygen atoms in total. The van der Waals surface area contributed by atoms with Crippen LogP contribution in [-0.2, 0) is 22.7 Å². The smallest absolute Gasteiger partial charge is 0.434 e. The third-order valence-electron chi connectivity index (χ3n) is 2.10. The number of hydrogen-bond acceptors (Lipinski definition) is 4. The molecule has 0 fully saturated rings. The Morgan fingerprint density at radius 1 is 1.50 bits per heavy atom. The molecule has 88 valence electrons. The molecule has 2 heterocycles. The van der Waals surface area contributed by atoms with Crippen molar-refractivity contribution in [3.8, 4) is 0 Å². The molecule has 1 aliphatic rings. The van der Waals surface area contributed by atoms with E-state index in [9.17, 15) is 4.79 Å². The molecule has 1 aromatic heterocycles. The van der Waals surface area contributed by atoms with E-state index in [0.29, 0.717) is 6.61 Å². The maximum absolute atomic E-state index is 11.7. The highest BCUT2D eigenvalue weighted by molar-refractivity contribution is 5.67. The fourth-order valence-electron chi connectivity index (χ4n) is 1.39. The predicted molar refractivity (Wildman–Crippen MR) is 55.3 cm³/mol. The van der Waals surface area contributed by atoms with Gasteiger partial charge in [-0.1, -0.05) is 0 Å². The highest BCUT2D eigenvalue weighted by Crippen LogP contribution is 2.22. The molecule has 5 heteroatoms. The van der Waals surface area contributed by atoms with Crippen molar-refractivity contribution >= 4 is 6.09 Å². The number of hydrogen-bond donors (Lipinski definition) is 0. The van der Waals surface area contributed by atoms with Crippen LogP contribution in [0.1, 0.15) is 32.1 Å². The number of rotatable bonds is 0. The van der Waals surface area contributed by atoms with Crippen LogP contribution < -0.4 is 0 Å². The number of fused-ring (bicyclic) bond motifs is 1. The summed E-state index contributed by atoms with van der Waals surface area (Å²) in [5.74, 6) is 0.747. The zero-order valence-electron chi connectivity index (χ0n) is 9.65. The van der Waals surface area contributed by atoms with Crippen LogP contribution >= 0.6 is 0 Å². The Morgan fingerprint density at radius 2 is 2.25 bits per heavy atom. The van der Waals surface area contributed by atoms with Crippen molar-refractivity contribution in [3.05, 3.63) is 23.7 Å². The summed E-state index contributed by atoms with van der Waals surface area (Å²) in [4.78, 5) is 17.0. The van der Waals surface area contributed by atoms with Gasteiger partial charge >= 0.3 is 6.09 Å². The number of carbonyl (C=O) groups excluding carboxylic acids is 1. The lowest BCUT2D eigenvalue weighted by molar-refractivity contribution is -0.174. The number of furan rings is 1. The van der Waals surface area contributed by atoms with Crippen LogP contribution in [0.2, 0.25) is 0 Å². The van der Waals surface area contributed by atoms with Gasteiger partial charge in [-0.25, -0.2) is 4.79 Å². The van der Waals surface area contributed by atoms with Gasteiger partial charge in [0.25, 0.3) is 0 Å². The van der Waals surface area contributed by atoms with E-state index in [1.54, 1.807) is 6.26 Å². The Kier molecular flexibility index (Phi) is 2.63. The van der Waals surface area contributed by atoms with Gasteiger partial charge in [0.15, 0.2) is 0 Å². The van der Waals surface area contributed by atoms with Crippen molar-refractivity contribution < 1.29 is 18.8 Å². The van der Waals surface area contributed by atoms with Gasteiger partial charge in [0.2, 0.25) is 0 Å². The predicted octanol–water partition coefficient (Wildman–Crippen LogP) is 2.46. The molecule has 16 heavy (non-hydrogen) atoms. The number of nitrogens with zero attached hydrogens (tertiary/aromatic N) is 1. The summed E-state index contributed by atoms with van der Waals surface area (Å²) < 4.78 is 10.4. The molecule has 0 saturated heterocycles. The molecule has 0 atom stereocenters. The van der Waals surface area contributed by atoms with Crippen molar-refractivity contribution in [1.82, 2.24) is 5.06 Å². The first kappa shape index (κ1) is 11.0. The third kappa shape index (κ3) is 2.36. The molecule has 0 radical (unpaired) electrons. The average molecular weight is 225 g/mol. The van der Waals surface area contributed by atoms with E-state index in [2.05, 4.69) is 0 Å². The maximum atomic E-state index is 11.7. The molecule has 0 unspecified atom stereocenters. The van der Waals surface area contributed by atoms with Gasteiger partial charge in [-0.05, 0) is 26.8 Å². The molecule has 0 N–H and O–H groups in total. The molecule has 0 aromatic carbocycles. The minimum absolute atomic E-state index is 0.289. The van der Waals surface area contributed by atoms with E-state index in [1.165, 1.54) is 5.06 Å². The van der Waals surface area contributed by atoms with Crippen molar-refractivity contribution in [2.24, 2.45) is 0 Å². The largest absolute Gasteiger partial charge is 0.467 e. The molecule has 0 spiro atoms. The fraction of sp³-hybridized carbons (Fsp3) is 0.545. The Morgan fingerprint density at radius 3 is 2.94 bits per heavy atom. The van der Waals surface area contributed by atoms with Crippen LogP contribution in [0.4, 0.5) is 4.79 Å². The lowest BCUT2D eigenvalue weighted by Gasteiger charge is -2.28. The average Bonchev–Trinajstić information content (AvgIpc) is 2.61. The number of hydroxylamine groups is 2. The van der Waals surface area contributed by atoms with Crippen LogP contribution in [0.3, 0.4) is 0 Å². The first-order chi connectivity index (χ1) is 7.46. The van der Waals surface area contributed by atoms with Crippen LogP contribution in [0.25, 0.3) is 0 Å². The van der Waals surface area contributed by atoms with E-state index < -0.39 is 11.7 Å². The van der Waals surface area contributed by atoms with Crippen LogP contribution in [0.15, 0.2) is 16.7 Å². The molecule has 1 aliphatic heterocycles. The van der Waals surface area contributed by atoms with E-state index in [1.807, 2.05) is 26.8 Å². The molecule has 0 aliphatic carbocycles. The summed E-state index contributed by atoms with van der Waals surface area (Å²) in [6.07, 6.45) is 1.10. The first-order valence-electron chi connectivity index (χ1n) is 5.14. The second-order valence-electron chi connectivity index (χ2n) is 4.66. The normalized spacial score (nSPS) is 15.8. The summed E-state index contributed by atoms with van der Waals surface area (Å²) >= 11 is 0. The summed E-state index contributed by atoms with van der Waals surface area (Å²) in [7, 11) is 0. The van der Waals surface area contributed by atoms with Crippen molar-refractivity contribution in [2.45, 2.75) is 39.5 Å². The molecule has 1 aromatic rings. The van der Waals surface area contributed by atoms with E-state index in [0.717, 1.165) is 11.3 Å². The molecule has 0 saturated carbocycles. The Balaban J connectivity index is 2.01. The van der Waals surface area contributed by atoms with Gasteiger partial charge in [0.1, 0.15) is 24.5 Å². The third-order valence-corrected chi connectivity index (χ3v) is 2.10. The second kappa shape index (κ2) is 3.83. The maximum Gasteiger partial charge on any atom is 0.434 e. The highest BCUT2D eigenvalue weighted by atomic mass is 16.7. The summed E-state index contributed by atoms with van der Waals surface area (Å²) in [5.41, 5.74) is 0.448. The van der Waals surface area contributed by atoms with E-state index in [-0.39, 0.29) is 6.54 Å². The number of ether oxygens (including phenoxy) is 1. The van der Waals surface area contributed by atoms with E-state index >= 15 is 0 Å². The van der Waals surface area contributed by atoms with Gasteiger partial charge in [0.05, 0.1) is 6.26 Å². The lowest BCUT2D eigenvalue weighted by Crippen LogP contribution is -2.38. The zero-order chi connectivity index (χ0) is 11.8. The summed E-state index contributed by atoms with van der Waals surface area (Å²) in [6.45, 7) is 6.07. The molecule has 2 rings (SSSR count). The SMILES string of the molecule is CC(C)(C)OC(=O)N1Cc2occc2CO1. The molecule has 0 bridgehead atoms. The van der Waals surface area contributed by atoms with Crippen LogP contribution in [0.5, 0.6) is 0 Å².